The molecule has 0 fully saturated rings. The first kappa shape index (κ1) is 18.6. The number of carbonyl (C=O) groups excluding carboxylic acids is 2. The molecule has 6 heteroatoms. The molecule has 0 amide bonds. The van der Waals surface area contributed by atoms with Crippen LogP contribution in [0.15, 0.2) is 68.9 Å². The summed E-state index contributed by atoms with van der Waals surface area (Å²) in [6.45, 7) is 3.97. The summed E-state index contributed by atoms with van der Waals surface area (Å²) in [7, 11) is 0. The predicted octanol–water partition coefficient (Wildman–Crippen LogP) is 5.19. The Balaban J connectivity index is 1.88. The summed E-state index contributed by atoms with van der Waals surface area (Å²) >= 11 is 6.55. The molecule has 1 aliphatic rings. The molecule has 0 aromatic heterocycles. The summed E-state index contributed by atoms with van der Waals surface area (Å²) in [5, 5.41) is 6.06. The average Bonchev–Trinajstić information content (AvgIpc) is 2.64. The van der Waals surface area contributed by atoms with Gasteiger partial charge in [-0.05, 0) is 70.0 Å². The van der Waals surface area contributed by atoms with E-state index in [2.05, 4.69) is 42.5 Å². The minimum absolute atomic E-state index is 0.195. The Morgan fingerprint density at radius 3 is 1.23 bits per heavy atom. The number of rotatable bonds is 4. The van der Waals surface area contributed by atoms with Crippen molar-refractivity contribution in [3.8, 4) is 0 Å². The lowest BCUT2D eigenvalue weighted by molar-refractivity contribution is -0.115. The van der Waals surface area contributed by atoms with E-state index >= 15 is 0 Å². The highest BCUT2D eigenvalue weighted by molar-refractivity contribution is 9.12. The van der Waals surface area contributed by atoms with Crippen LogP contribution in [-0.2, 0) is 9.59 Å². The van der Waals surface area contributed by atoms with Gasteiger partial charge in [-0.15, -0.1) is 0 Å². The highest BCUT2D eigenvalue weighted by atomic mass is 79.9. The van der Waals surface area contributed by atoms with Gasteiger partial charge in [-0.3, -0.25) is 9.59 Å². The molecule has 3 rings (SSSR count). The van der Waals surface area contributed by atoms with Gasteiger partial charge in [0.15, 0.2) is 0 Å². The van der Waals surface area contributed by atoms with E-state index in [9.17, 15) is 9.59 Å². The van der Waals surface area contributed by atoms with Crippen molar-refractivity contribution in [3.63, 3.8) is 0 Å². The largest absolute Gasteiger partial charge is 0.351 e. The third-order valence-corrected chi connectivity index (χ3v) is 5.45. The highest BCUT2D eigenvalue weighted by Crippen LogP contribution is 2.32. The molecule has 0 bridgehead atoms. The number of benzene rings is 2. The van der Waals surface area contributed by atoms with Gasteiger partial charge < -0.3 is 10.6 Å². The lowest BCUT2D eigenvalue weighted by atomic mass is 10.1. The second kappa shape index (κ2) is 7.60. The number of hydrogen-bond donors (Lipinski definition) is 2. The maximum absolute atomic E-state index is 12.8. The van der Waals surface area contributed by atoms with Crippen molar-refractivity contribution < 1.29 is 9.59 Å². The second-order valence-electron chi connectivity index (χ2n) is 6.02. The summed E-state index contributed by atoms with van der Waals surface area (Å²) < 4.78 is 0.391. The number of hydrogen-bond acceptors (Lipinski definition) is 4. The fourth-order valence-corrected chi connectivity index (χ4v) is 3.39. The summed E-state index contributed by atoms with van der Waals surface area (Å²) in [5.41, 5.74) is 4.11. The lowest BCUT2D eigenvalue weighted by Gasteiger charge is -2.20. The number of ketones is 2. The molecule has 0 unspecified atom stereocenters. The van der Waals surface area contributed by atoms with Gasteiger partial charge in [-0.25, -0.2) is 0 Å². The molecule has 2 aromatic carbocycles. The Morgan fingerprint density at radius 2 is 0.923 bits per heavy atom. The van der Waals surface area contributed by atoms with E-state index in [1.165, 1.54) is 0 Å². The average molecular weight is 476 g/mol. The van der Waals surface area contributed by atoms with E-state index in [4.69, 9.17) is 0 Å². The summed E-state index contributed by atoms with van der Waals surface area (Å²) in [5.74, 6) is -0.599. The Kier molecular flexibility index (Phi) is 5.44. The first-order valence-corrected chi connectivity index (χ1v) is 9.51. The number of carbonyl (C=O) groups is 2. The minimum Gasteiger partial charge on any atom is -0.351 e. The molecule has 0 saturated carbocycles. The summed E-state index contributed by atoms with van der Waals surface area (Å²) in [4.78, 5) is 25.5. The molecular weight excluding hydrogens is 460 g/mol. The van der Waals surface area contributed by atoms with E-state index in [1.807, 2.05) is 62.4 Å². The van der Waals surface area contributed by atoms with Gasteiger partial charge in [-0.2, -0.15) is 0 Å². The van der Waals surface area contributed by atoms with Crippen molar-refractivity contribution >= 4 is 54.8 Å². The normalized spacial score (nSPS) is 14.8. The van der Waals surface area contributed by atoms with Crippen LogP contribution in [0.2, 0.25) is 0 Å². The lowest BCUT2D eigenvalue weighted by Crippen LogP contribution is -2.27. The number of Topliss-reactive ketones (excluding diaryl/α,β-unsaturated/α-hetero) is 2. The number of allylic oxidation sites excluding steroid dienone is 2. The fraction of sp³-hybridized carbons (Fsp3) is 0.100. The zero-order valence-electron chi connectivity index (χ0n) is 14.2. The zero-order valence-corrected chi connectivity index (χ0v) is 17.4. The quantitative estimate of drug-likeness (QED) is 0.597. The fourth-order valence-electron chi connectivity index (χ4n) is 2.43. The van der Waals surface area contributed by atoms with Crippen molar-refractivity contribution in [2.24, 2.45) is 0 Å². The molecule has 2 N–H and O–H groups in total. The van der Waals surface area contributed by atoms with Crippen LogP contribution in [0.3, 0.4) is 0 Å². The van der Waals surface area contributed by atoms with Crippen LogP contribution in [0.25, 0.3) is 0 Å². The molecule has 0 heterocycles. The van der Waals surface area contributed by atoms with Crippen LogP contribution in [-0.4, -0.2) is 11.6 Å². The molecular formula is C20H16Br2N2O2. The van der Waals surface area contributed by atoms with Crippen LogP contribution < -0.4 is 10.6 Å². The standard InChI is InChI=1S/C20H16Br2N2O2/c1-11-3-7-13(8-4-11)23-17-15(21)20(26)18(16(22)19(17)25)24-14-9-5-12(2)6-10-14/h3-10,23-24H,1-2H3. The smallest absolute Gasteiger partial charge is 0.219 e. The van der Waals surface area contributed by atoms with Crippen molar-refractivity contribution in [1.29, 1.82) is 0 Å². The molecule has 0 saturated heterocycles. The molecule has 132 valence electrons. The van der Waals surface area contributed by atoms with E-state index in [0.29, 0.717) is 0 Å². The topological polar surface area (TPSA) is 58.2 Å². The van der Waals surface area contributed by atoms with Crippen LogP contribution in [0, 0.1) is 13.8 Å². The SMILES string of the molecule is Cc1ccc(NC2=C(Br)C(=O)C(Nc3ccc(C)cc3)=C(Br)C2=O)cc1. The first-order valence-electron chi connectivity index (χ1n) is 7.93. The van der Waals surface area contributed by atoms with Crippen molar-refractivity contribution in [1.82, 2.24) is 0 Å². The summed E-state index contributed by atoms with van der Waals surface area (Å²) in [6.07, 6.45) is 0. The maximum atomic E-state index is 12.8. The third kappa shape index (κ3) is 3.81. The number of anilines is 2. The Hall–Kier alpha value is -2.18. The van der Waals surface area contributed by atoms with Gasteiger partial charge in [0.25, 0.3) is 0 Å². The third-order valence-electron chi connectivity index (χ3n) is 3.93. The van der Waals surface area contributed by atoms with E-state index < -0.39 is 0 Å². The minimum atomic E-state index is -0.299. The van der Waals surface area contributed by atoms with Crippen LogP contribution in [0.4, 0.5) is 11.4 Å². The summed E-state index contributed by atoms with van der Waals surface area (Å²) in [6, 6.07) is 15.2. The zero-order chi connectivity index (χ0) is 18.8. The van der Waals surface area contributed by atoms with Crippen LogP contribution in [0.5, 0.6) is 0 Å². The number of nitrogens with one attached hydrogen (secondary N) is 2. The van der Waals surface area contributed by atoms with Gasteiger partial charge in [0.2, 0.25) is 11.6 Å². The molecule has 4 nitrogen and oxygen atoms in total. The van der Waals surface area contributed by atoms with E-state index in [0.717, 1.165) is 22.5 Å². The monoisotopic (exact) mass is 474 g/mol. The van der Waals surface area contributed by atoms with Gasteiger partial charge in [0.05, 0.1) is 8.96 Å². The molecule has 0 aliphatic heterocycles. The predicted molar refractivity (Wildman–Crippen MR) is 112 cm³/mol. The van der Waals surface area contributed by atoms with Crippen molar-refractivity contribution in [2.75, 3.05) is 10.6 Å². The molecule has 2 aromatic rings. The Bertz CT molecular complexity index is 863. The Morgan fingerprint density at radius 1 is 0.615 bits per heavy atom. The highest BCUT2D eigenvalue weighted by Gasteiger charge is 2.33. The number of halogens is 2. The van der Waals surface area contributed by atoms with Crippen molar-refractivity contribution in [2.45, 2.75) is 13.8 Å². The van der Waals surface area contributed by atoms with Crippen molar-refractivity contribution in [3.05, 3.63) is 80.0 Å². The number of aryl methyl sites for hydroxylation is 2. The van der Waals surface area contributed by atoms with Crippen LogP contribution in [0.1, 0.15) is 11.1 Å². The molecule has 0 radical (unpaired) electrons. The van der Waals surface area contributed by atoms with Crippen LogP contribution >= 0.6 is 31.9 Å². The molecule has 0 spiro atoms. The second-order valence-corrected chi connectivity index (χ2v) is 7.60. The molecule has 0 atom stereocenters. The Labute approximate surface area is 168 Å². The van der Waals surface area contributed by atoms with Gasteiger partial charge in [-0.1, -0.05) is 35.4 Å². The molecule has 26 heavy (non-hydrogen) atoms. The van der Waals surface area contributed by atoms with Gasteiger partial charge in [0.1, 0.15) is 11.4 Å². The first-order chi connectivity index (χ1) is 12.4. The van der Waals surface area contributed by atoms with Gasteiger partial charge in [0, 0.05) is 11.4 Å². The van der Waals surface area contributed by atoms with Gasteiger partial charge >= 0.3 is 0 Å². The van der Waals surface area contributed by atoms with E-state index in [-0.39, 0.29) is 31.9 Å². The van der Waals surface area contributed by atoms with E-state index in [1.54, 1.807) is 0 Å². The maximum Gasteiger partial charge on any atom is 0.219 e. The molecule has 1 aliphatic carbocycles.